The zero-order chi connectivity index (χ0) is 16.7. The SMILES string of the molecule is CC(C)COc1ccccc1NC(=O)CNc1ccccc1Cl. The molecule has 0 unspecified atom stereocenters. The molecule has 0 fully saturated rings. The van der Waals surface area contributed by atoms with Crippen molar-refractivity contribution in [2.24, 2.45) is 5.92 Å². The van der Waals surface area contributed by atoms with E-state index in [4.69, 9.17) is 16.3 Å². The third-order valence-electron chi connectivity index (χ3n) is 3.05. The number of halogens is 1. The Morgan fingerprint density at radius 1 is 1.09 bits per heavy atom. The van der Waals surface area contributed by atoms with Crippen LogP contribution in [0.15, 0.2) is 48.5 Å². The standard InChI is InChI=1S/C18H21ClN2O2/c1-13(2)12-23-17-10-6-5-9-16(17)21-18(22)11-20-15-8-4-3-7-14(15)19/h3-10,13,20H,11-12H2,1-2H3,(H,21,22). The molecular weight excluding hydrogens is 312 g/mol. The van der Waals surface area contributed by atoms with Crippen LogP contribution in [-0.2, 0) is 4.79 Å². The molecule has 2 aromatic rings. The molecule has 0 aromatic heterocycles. The number of ether oxygens (including phenoxy) is 1. The molecule has 0 heterocycles. The van der Waals surface area contributed by atoms with E-state index < -0.39 is 0 Å². The van der Waals surface area contributed by atoms with E-state index in [1.807, 2.05) is 42.5 Å². The topological polar surface area (TPSA) is 50.4 Å². The van der Waals surface area contributed by atoms with Crippen molar-refractivity contribution in [2.45, 2.75) is 13.8 Å². The van der Waals surface area contributed by atoms with Crippen molar-refractivity contribution < 1.29 is 9.53 Å². The van der Waals surface area contributed by atoms with Gasteiger partial charge in [0.05, 0.1) is 29.5 Å². The molecule has 0 bridgehead atoms. The first-order valence-electron chi connectivity index (χ1n) is 7.56. The summed E-state index contributed by atoms with van der Waals surface area (Å²) in [5.74, 6) is 0.929. The number of nitrogens with one attached hydrogen (secondary N) is 2. The second-order valence-corrected chi connectivity index (χ2v) is 5.99. The number of rotatable bonds is 7. The summed E-state index contributed by atoms with van der Waals surface area (Å²) < 4.78 is 5.73. The van der Waals surface area contributed by atoms with Crippen LogP contribution in [0.2, 0.25) is 5.02 Å². The number of benzene rings is 2. The van der Waals surface area contributed by atoms with E-state index in [1.54, 1.807) is 6.07 Å². The summed E-state index contributed by atoms with van der Waals surface area (Å²) in [5.41, 5.74) is 1.40. The van der Waals surface area contributed by atoms with E-state index in [9.17, 15) is 4.79 Å². The third-order valence-corrected chi connectivity index (χ3v) is 3.38. The lowest BCUT2D eigenvalue weighted by molar-refractivity contribution is -0.114. The van der Waals surface area contributed by atoms with Crippen molar-refractivity contribution in [1.29, 1.82) is 0 Å². The van der Waals surface area contributed by atoms with Crippen LogP contribution >= 0.6 is 11.6 Å². The fourth-order valence-electron chi connectivity index (χ4n) is 1.93. The summed E-state index contributed by atoms with van der Waals surface area (Å²) in [6.45, 7) is 4.89. The maximum absolute atomic E-state index is 12.1. The van der Waals surface area contributed by atoms with Crippen molar-refractivity contribution >= 4 is 28.9 Å². The van der Waals surface area contributed by atoms with Crippen molar-refractivity contribution in [1.82, 2.24) is 0 Å². The van der Waals surface area contributed by atoms with Gasteiger partial charge < -0.3 is 15.4 Å². The molecule has 5 heteroatoms. The van der Waals surface area contributed by atoms with Gasteiger partial charge in [-0.25, -0.2) is 0 Å². The Bertz CT molecular complexity index is 659. The van der Waals surface area contributed by atoms with Gasteiger partial charge >= 0.3 is 0 Å². The second kappa shape index (κ2) is 8.44. The molecule has 23 heavy (non-hydrogen) atoms. The van der Waals surface area contributed by atoms with E-state index in [1.165, 1.54) is 0 Å². The molecule has 122 valence electrons. The molecule has 2 N–H and O–H groups in total. The minimum Gasteiger partial charge on any atom is -0.491 e. The number of hydrogen-bond acceptors (Lipinski definition) is 3. The Labute approximate surface area is 141 Å². The van der Waals surface area contributed by atoms with Gasteiger partial charge in [0.1, 0.15) is 5.75 Å². The fourth-order valence-corrected chi connectivity index (χ4v) is 2.13. The Morgan fingerprint density at radius 3 is 2.43 bits per heavy atom. The van der Waals surface area contributed by atoms with Crippen molar-refractivity contribution in [2.75, 3.05) is 23.8 Å². The number of amides is 1. The van der Waals surface area contributed by atoms with Crippen LogP contribution in [0.1, 0.15) is 13.8 Å². The first-order valence-corrected chi connectivity index (χ1v) is 7.94. The van der Waals surface area contributed by atoms with Gasteiger partial charge in [-0.15, -0.1) is 0 Å². The Morgan fingerprint density at radius 2 is 1.74 bits per heavy atom. The van der Waals surface area contributed by atoms with Crippen molar-refractivity contribution in [3.8, 4) is 5.75 Å². The largest absolute Gasteiger partial charge is 0.491 e. The molecule has 0 aliphatic rings. The molecule has 0 aliphatic heterocycles. The number of carbonyl (C=O) groups is 1. The zero-order valence-electron chi connectivity index (χ0n) is 13.3. The zero-order valence-corrected chi connectivity index (χ0v) is 14.1. The van der Waals surface area contributed by atoms with Gasteiger partial charge in [0.2, 0.25) is 5.91 Å². The highest BCUT2D eigenvalue weighted by Crippen LogP contribution is 2.24. The summed E-state index contributed by atoms with van der Waals surface area (Å²) in [6.07, 6.45) is 0. The molecule has 0 saturated carbocycles. The Hall–Kier alpha value is -2.20. The third kappa shape index (κ3) is 5.49. The molecule has 2 rings (SSSR count). The second-order valence-electron chi connectivity index (χ2n) is 5.58. The van der Waals surface area contributed by atoms with Crippen LogP contribution < -0.4 is 15.4 Å². The number of carbonyl (C=O) groups excluding carboxylic acids is 1. The smallest absolute Gasteiger partial charge is 0.243 e. The number of hydrogen-bond donors (Lipinski definition) is 2. The quantitative estimate of drug-likeness (QED) is 0.788. The van der Waals surface area contributed by atoms with Gasteiger partial charge in [-0.1, -0.05) is 49.7 Å². The summed E-state index contributed by atoms with van der Waals surface area (Å²) in [5, 5.41) is 6.46. The van der Waals surface area contributed by atoms with Crippen LogP contribution in [0.3, 0.4) is 0 Å². The van der Waals surface area contributed by atoms with Crippen LogP contribution in [0, 0.1) is 5.92 Å². The first kappa shape index (κ1) is 17.2. The highest BCUT2D eigenvalue weighted by atomic mass is 35.5. The van der Waals surface area contributed by atoms with E-state index in [2.05, 4.69) is 24.5 Å². The first-order chi connectivity index (χ1) is 11.1. The van der Waals surface area contributed by atoms with Gasteiger partial charge in [-0.3, -0.25) is 4.79 Å². The highest BCUT2D eigenvalue weighted by Gasteiger charge is 2.09. The normalized spacial score (nSPS) is 10.4. The van der Waals surface area contributed by atoms with Gasteiger partial charge in [0.15, 0.2) is 0 Å². The molecule has 2 aromatic carbocycles. The van der Waals surface area contributed by atoms with E-state index in [-0.39, 0.29) is 12.5 Å². The molecule has 0 spiro atoms. The molecule has 1 amide bonds. The highest BCUT2D eigenvalue weighted by molar-refractivity contribution is 6.33. The van der Waals surface area contributed by atoms with Crippen LogP contribution in [0.4, 0.5) is 11.4 Å². The minimum atomic E-state index is -0.162. The summed E-state index contributed by atoms with van der Waals surface area (Å²) in [4.78, 5) is 12.1. The average Bonchev–Trinajstić information content (AvgIpc) is 2.53. The minimum absolute atomic E-state index is 0.127. The number of para-hydroxylation sites is 3. The monoisotopic (exact) mass is 332 g/mol. The van der Waals surface area contributed by atoms with Crippen LogP contribution in [0.25, 0.3) is 0 Å². The van der Waals surface area contributed by atoms with Gasteiger partial charge in [0, 0.05) is 0 Å². The maximum atomic E-state index is 12.1. The van der Waals surface area contributed by atoms with Crippen LogP contribution in [0.5, 0.6) is 5.75 Å². The average molecular weight is 333 g/mol. The van der Waals surface area contributed by atoms with E-state index in [0.717, 1.165) is 5.69 Å². The summed E-state index contributed by atoms with van der Waals surface area (Å²) in [7, 11) is 0. The fraction of sp³-hybridized carbons (Fsp3) is 0.278. The molecular formula is C18H21ClN2O2. The molecule has 0 aliphatic carbocycles. The van der Waals surface area contributed by atoms with Crippen LogP contribution in [-0.4, -0.2) is 19.1 Å². The number of anilines is 2. The Kier molecular flexibility index (Phi) is 6.29. The lowest BCUT2D eigenvalue weighted by Gasteiger charge is -2.14. The van der Waals surface area contributed by atoms with Crippen molar-refractivity contribution in [3.63, 3.8) is 0 Å². The molecule has 4 nitrogen and oxygen atoms in total. The Balaban J connectivity index is 1.94. The molecule has 0 atom stereocenters. The van der Waals surface area contributed by atoms with Crippen molar-refractivity contribution in [3.05, 3.63) is 53.6 Å². The summed E-state index contributed by atoms with van der Waals surface area (Å²) >= 11 is 6.05. The summed E-state index contributed by atoms with van der Waals surface area (Å²) in [6, 6.07) is 14.7. The van der Waals surface area contributed by atoms with E-state index >= 15 is 0 Å². The molecule has 0 saturated heterocycles. The maximum Gasteiger partial charge on any atom is 0.243 e. The van der Waals surface area contributed by atoms with Gasteiger partial charge in [-0.2, -0.15) is 0 Å². The predicted molar refractivity (Wildman–Crippen MR) is 95.3 cm³/mol. The van der Waals surface area contributed by atoms with E-state index in [0.29, 0.717) is 29.0 Å². The lowest BCUT2D eigenvalue weighted by atomic mass is 10.2. The van der Waals surface area contributed by atoms with Gasteiger partial charge in [-0.05, 0) is 30.2 Å². The molecule has 0 radical (unpaired) electrons. The van der Waals surface area contributed by atoms with Gasteiger partial charge in [0.25, 0.3) is 0 Å². The lowest BCUT2D eigenvalue weighted by Crippen LogP contribution is -2.22. The predicted octanol–water partition coefficient (Wildman–Crippen LogP) is 4.43.